The maximum Gasteiger partial charge on any atom is 0.224 e. The van der Waals surface area contributed by atoms with Gasteiger partial charge in [0.25, 0.3) is 0 Å². The van der Waals surface area contributed by atoms with E-state index in [2.05, 4.69) is 10.6 Å². The van der Waals surface area contributed by atoms with Crippen LogP contribution in [0.3, 0.4) is 0 Å². The summed E-state index contributed by atoms with van der Waals surface area (Å²) in [5.41, 5.74) is -0.218. The molecular weight excluding hydrogens is 273 g/mol. The number of amides is 1. The van der Waals surface area contributed by atoms with E-state index in [0.717, 1.165) is 12.1 Å². The molecule has 0 unspecified atom stereocenters. The van der Waals surface area contributed by atoms with Gasteiger partial charge in [-0.25, -0.2) is 13.2 Å². The largest absolute Gasteiger partial charge is 0.390 e. The van der Waals surface area contributed by atoms with E-state index in [1.165, 1.54) is 0 Å². The van der Waals surface area contributed by atoms with Gasteiger partial charge >= 0.3 is 0 Å². The molecule has 1 aliphatic rings. The highest BCUT2D eigenvalue weighted by atomic mass is 19.2. The molecule has 2 rings (SSSR count). The van der Waals surface area contributed by atoms with Crippen molar-refractivity contribution < 1.29 is 23.1 Å². The van der Waals surface area contributed by atoms with Gasteiger partial charge in [0.1, 0.15) is 0 Å². The number of β-amino-alcohol motifs (C(OH)–C–C–N with tert-alkyl or cyclic N) is 1. The Morgan fingerprint density at radius 3 is 2.80 bits per heavy atom. The summed E-state index contributed by atoms with van der Waals surface area (Å²) in [5.74, 6) is -4.77. The number of aliphatic hydroxyl groups excluding tert-OH is 1. The molecule has 4 nitrogen and oxygen atoms in total. The van der Waals surface area contributed by atoms with E-state index in [1.54, 1.807) is 0 Å². The molecule has 1 fully saturated rings. The first-order valence-corrected chi connectivity index (χ1v) is 6.29. The maximum atomic E-state index is 13.4. The van der Waals surface area contributed by atoms with Crippen LogP contribution in [0.4, 0.5) is 13.2 Å². The summed E-state index contributed by atoms with van der Waals surface area (Å²) in [6, 6.07) is 1.39. The van der Waals surface area contributed by atoms with Crippen LogP contribution in [0.5, 0.6) is 0 Å². The van der Waals surface area contributed by atoms with E-state index in [9.17, 15) is 23.1 Å². The molecule has 2 atom stereocenters. The lowest BCUT2D eigenvalue weighted by molar-refractivity contribution is -0.122. The molecule has 0 spiro atoms. The number of carbonyl (C=O) groups is 1. The smallest absolute Gasteiger partial charge is 0.224 e. The minimum absolute atomic E-state index is 0.218. The Kier molecular flexibility index (Phi) is 4.61. The fourth-order valence-corrected chi connectivity index (χ4v) is 2.14. The molecule has 0 radical (unpaired) electrons. The maximum absolute atomic E-state index is 13.4. The van der Waals surface area contributed by atoms with Gasteiger partial charge in [-0.15, -0.1) is 0 Å². The molecule has 1 saturated heterocycles. The summed E-state index contributed by atoms with van der Waals surface area (Å²) in [6.07, 6.45) is -0.574. The number of piperidine rings is 1. The van der Waals surface area contributed by atoms with Crippen molar-refractivity contribution >= 4 is 5.91 Å². The second kappa shape index (κ2) is 6.23. The number of carbonyl (C=O) groups excluding carboxylic acids is 1. The van der Waals surface area contributed by atoms with Crippen molar-refractivity contribution in [3.8, 4) is 0 Å². The molecular formula is C13H15F3N2O2. The molecule has 0 bridgehead atoms. The average Bonchev–Trinajstić information content (AvgIpc) is 2.42. The summed E-state index contributed by atoms with van der Waals surface area (Å²) in [5, 5.41) is 15.2. The Morgan fingerprint density at radius 1 is 1.35 bits per heavy atom. The van der Waals surface area contributed by atoms with Gasteiger partial charge in [-0.05, 0) is 19.0 Å². The molecule has 20 heavy (non-hydrogen) atoms. The Balaban J connectivity index is 1.99. The number of hydrogen-bond acceptors (Lipinski definition) is 3. The van der Waals surface area contributed by atoms with Gasteiger partial charge < -0.3 is 15.7 Å². The SMILES string of the molecule is O=C(Cc1ccc(F)c(F)c1F)N[C@@H]1CCNC[C@H]1O. The number of benzene rings is 1. The van der Waals surface area contributed by atoms with Crippen LogP contribution in [-0.4, -0.2) is 36.2 Å². The highest BCUT2D eigenvalue weighted by Crippen LogP contribution is 2.16. The lowest BCUT2D eigenvalue weighted by Gasteiger charge is -2.29. The van der Waals surface area contributed by atoms with Gasteiger partial charge in [-0.3, -0.25) is 4.79 Å². The first-order valence-electron chi connectivity index (χ1n) is 6.29. The van der Waals surface area contributed by atoms with Gasteiger partial charge in [-0.2, -0.15) is 0 Å². The second-order valence-electron chi connectivity index (χ2n) is 4.75. The number of rotatable bonds is 3. The lowest BCUT2D eigenvalue weighted by Crippen LogP contribution is -2.53. The van der Waals surface area contributed by atoms with Crippen molar-refractivity contribution in [3.63, 3.8) is 0 Å². The first kappa shape index (κ1) is 14.8. The average molecular weight is 288 g/mol. The van der Waals surface area contributed by atoms with Crippen molar-refractivity contribution in [2.45, 2.75) is 25.0 Å². The van der Waals surface area contributed by atoms with Crippen LogP contribution in [0.15, 0.2) is 12.1 Å². The van der Waals surface area contributed by atoms with E-state index < -0.39 is 41.9 Å². The Labute approximate surface area is 114 Å². The summed E-state index contributed by atoms with van der Waals surface area (Å²) >= 11 is 0. The van der Waals surface area contributed by atoms with Crippen molar-refractivity contribution in [3.05, 3.63) is 35.1 Å². The lowest BCUT2D eigenvalue weighted by atomic mass is 10.0. The molecule has 0 aliphatic carbocycles. The van der Waals surface area contributed by atoms with Crippen LogP contribution in [0.1, 0.15) is 12.0 Å². The van der Waals surface area contributed by atoms with Crippen molar-refractivity contribution in [2.75, 3.05) is 13.1 Å². The molecule has 1 aromatic carbocycles. The van der Waals surface area contributed by atoms with E-state index in [4.69, 9.17) is 0 Å². The monoisotopic (exact) mass is 288 g/mol. The number of nitrogens with one attached hydrogen (secondary N) is 2. The molecule has 0 saturated carbocycles. The highest BCUT2D eigenvalue weighted by molar-refractivity contribution is 5.79. The first-order chi connectivity index (χ1) is 9.49. The zero-order valence-corrected chi connectivity index (χ0v) is 10.6. The predicted octanol–water partition coefficient (Wildman–Crippen LogP) is 0.485. The van der Waals surface area contributed by atoms with E-state index in [-0.39, 0.29) is 5.56 Å². The molecule has 7 heteroatoms. The van der Waals surface area contributed by atoms with Gasteiger partial charge in [0.15, 0.2) is 17.5 Å². The van der Waals surface area contributed by atoms with Crippen LogP contribution in [-0.2, 0) is 11.2 Å². The Morgan fingerprint density at radius 2 is 2.10 bits per heavy atom. The number of aliphatic hydroxyl groups is 1. The van der Waals surface area contributed by atoms with Crippen LogP contribution >= 0.6 is 0 Å². The van der Waals surface area contributed by atoms with Crippen molar-refractivity contribution in [1.29, 1.82) is 0 Å². The topological polar surface area (TPSA) is 61.4 Å². The number of hydrogen-bond donors (Lipinski definition) is 3. The molecule has 3 N–H and O–H groups in total. The van der Waals surface area contributed by atoms with Gasteiger partial charge in [-0.1, -0.05) is 6.07 Å². The van der Waals surface area contributed by atoms with Crippen LogP contribution < -0.4 is 10.6 Å². The van der Waals surface area contributed by atoms with Gasteiger partial charge in [0.05, 0.1) is 18.6 Å². The highest BCUT2D eigenvalue weighted by Gasteiger charge is 2.25. The molecule has 1 aliphatic heterocycles. The molecule has 0 aromatic heterocycles. The second-order valence-corrected chi connectivity index (χ2v) is 4.75. The zero-order valence-electron chi connectivity index (χ0n) is 10.6. The fourth-order valence-electron chi connectivity index (χ4n) is 2.14. The van der Waals surface area contributed by atoms with E-state index in [0.29, 0.717) is 19.5 Å². The van der Waals surface area contributed by atoms with Gasteiger partial charge in [0.2, 0.25) is 5.91 Å². The Hall–Kier alpha value is -1.60. The standard InChI is InChI=1S/C13H15F3N2O2/c14-8-2-1-7(12(15)13(8)16)5-11(20)18-9-3-4-17-6-10(9)19/h1-2,9-10,17,19H,3-6H2,(H,18,20)/t9-,10-/m1/s1. The Bertz CT molecular complexity index is 511. The molecule has 1 amide bonds. The molecule has 110 valence electrons. The molecule has 1 aromatic rings. The summed E-state index contributed by atoms with van der Waals surface area (Å²) in [6.45, 7) is 1.02. The van der Waals surface area contributed by atoms with Crippen LogP contribution in [0.2, 0.25) is 0 Å². The minimum Gasteiger partial charge on any atom is -0.390 e. The third-order valence-electron chi connectivity index (χ3n) is 3.26. The van der Waals surface area contributed by atoms with E-state index >= 15 is 0 Å². The number of halogens is 3. The summed E-state index contributed by atoms with van der Waals surface area (Å²) < 4.78 is 39.2. The van der Waals surface area contributed by atoms with E-state index in [1.807, 2.05) is 0 Å². The normalized spacial score (nSPS) is 22.6. The quantitative estimate of drug-likeness (QED) is 0.709. The van der Waals surface area contributed by atoms with Crippen molar-refractivity contribution in [1.82, 2.24) is 10.6 Å². The zero-order chi connectivity index (χ0) is 14.7. The van der Waals surface area contributed by atoms with Gasteiger partial charge in [0, 0.05) is 12.1 Å². The summed E-state index contributed by atoms with van der Waals surface area (Å²) in [7, 11) is 0. The minimum atomic E-state index is -1.59. The molecule has 1 heterocycles. The third kappa shape index (κ3) is 3.29. The van der Waals surface area contributed by atoms with Crippen molar-refractivity contribution in [2.24, 2.45) is 0 Å². The fraction of sp³-hybridized carbons (Fsp3) is 0.462. The van der Waals surface area contributed by atoms with Crippen LogP contribution in [0.25, 0.3) is 0 Å². The predicted molar refractivity (Wildman–Crippen MR) is 65.4 cm³/mol. The third-order valence-corrected chi connectivity index (χ3v) is 3.26. The summed E-state index contributed by atoms with van der Waals surface area (Å²) in [4.78, 5) is 11.7. The van der Waals surface area contributed by atoms with Crippen LogP contribution in [0, 0.1) is 17.5 Å².